The fraction of sp³-hybridized carbons (Fsp3) is 0.348. The van der Waals surface area contributed by atoms with Gasteiger partial charge in [-0.15, -0.1) is 11.3 Å². The lowest BCUT2D eigenvalue weighted by atomic mass is 10.1. The van der Waals surface area contributed by atoms with Gasteiger partial charge in [0.25, 0.3) is 0 Å². The summed E-state index contributed by atoms with van der Waals surface area (Å²) in [5.74, 6) is 1.40. The number of halogens is 3. The number of alkyl halides is 3. The number of thiazole rings is 1. The van der Waals surface area contributed by atoms with E-state index >= 15 is 0 Å². The third-order valence-electron chi connectivity index (χ3n) is 5.71. The molecule has 2 aromatic carbocycles. The van der Waals surface area contributed by atoms with Crippen LogP contribution in [0.3, 0.4) is 0 Å². The molecule has 0 saturated carbocycles. The topological polar surface area (TPSA) is 72.0 Å². The minimum Gasteiger partial charge on any atom is -0.497 e. The van der Waals surface area contributed by atoms with Crippen LogP contribution in [0.1, 0.15) is 16.8 Å². The highest BCUT2D eigenvalue weighted by Gasteiger charge is 2.34. The Morgan fingerprint density at radius 1 is 1.03 bits per heavy atom. The van der Waals surface area contributed by atoms with Gasteiger partial charge in [-0.05, 0) is 24.3 Å². The third-order valence-corrected chi connectivity index (χ3v) is 8.56. The van der Waals surface area contributed by atoms with Crippen molar-refractivity contribution in [3.8, 4) is 11.5 Å². The van der Waals surface area contributed by atoms with Gasteiger partial charge in [0.15, 0.2) is 5.13 Å². The first-order valence-electron chi connectivity index (χ1n) is 10.7. The van der Waals surface area contributed by atoms with E-state index in [1.807, 2.05) is 28.5 Å². The third kappa shape index (κ3) is 5.54. The smallest absolute Gasteiger partial charge is 0.416 e. The van der Waals surface area contributed by atoms with Crippen LogP contribution in [0.15, 0.2) is 52.7 Å². The zero-order chi connectivity index (χ0) is 25.2. The number of benzene rings is 2. The molecule has 1 aliphatic rings. The normalized spacial score (nSPS) is 15.3. The lowest BCUT2D eigenvalue weighted by Crippen LogP contribution is -2.48. The Kier molecular flexibility index (Phi) is 7.25. The molecule has 4 rings (SSSR count). The first-order chi connectivity index (χ1) is 16.6. The second-order valence-corrected chi connectivity index (χ2v) is 10.7. The first kappa shape index (κ1) is 25.3. The Morgan fingerprint density at radius 2 is 1.77 bits per heavy atom. The minimum absolute atomic E-state index is 0.153. The van der Waals surface area contributed by atoms with Gasteiger partial charge in [0.05, 0.1) is 30.4 Å². The second kappa shape index (κ2) is 10.0. The average molecular weight is 528 g/mol. The van der Waals surface area contributed by atoms with Gasteiger partial charge < -0.3 is 14.4 Å². The summed E-state index contributed by atoms with van der Waals surface area (Å²) in [6.45, 7) is 1.08. The standard InChI is InChI=1S/C23H24F3N3O4S2/c1-32-19-7-6-16(21(14-19)33-2)12-18-15-34-22(27-18)28-8-10-29(11-9-28)35(30,31)20-5-3-4-17(13-20)23(24,25)26/h3-7,13-15H,8-12H2,1-2H3. The van der Waals surface area contributed by atoms with Gasteiger partial charge in [-0.3, -0.25) is 0 Å². The minimum atomic E-state index is -4.61. The molecule has 188 valence electrons. The van der Waals surface area contributed by atoms with E-state index in [-0.39, 0.29) is 18.0 Å². The van der Waals surface area contributed by atoms with Crippen LogP contribution in [-0.2, 0) is 22.6 Å². The molecule has 0 spiro atoms. The van der Waals surface area contributed by atoms with Crippen molar-refractivity contribution in [3.05, 3.63) is 64.7 Å². The number of hydrogen-bond donors (Lipinski definition) is 0. The maximum Gasteiger partial charge on any atom is 0.416 e. The Balaban J connectivity index is 1.42. The molecule has 0 radical (unpaired) electrons. The second-order valence-electron chi connectivity index (χ2n) is 7.89. The molecular formula is C23H24F3N3O4S2. The van der Waals surface area contributed by atoms with Gasteiger partial charge in [0.1, 0.15) is 11.5 Å². The van der Waals surface area contributed by atoms with E-state index in [0.29, 0.717) is 37.1 Å². The van der Waals surface area contributed by atoms with Crippen molar-refractivity contribution in [2.45, 2.75) is 17.5 Å². The van der Waals surface area contributed by atoms with Crippen LogP contribution < -0.4 is 14.4 Å². The predicted molar refractivity (Wildman–Crippen MR) is 127 cm³/mol. The molecule has 7 nitrogen and oxygen atoms in total. The molecule has 1 aliphatic heterocycles. The monoisotopic (exact) mass is 527 g/mol. The highest BCUT2D eigenvalue weighted by molar-refractivity contribution is 7.89. The SMILES string of the molecule is COc1ccc(Cc2csc(N3CCN(S(=O)(=O)c4cccc(C(F)(F)F)c4)CC3)n2)c(OC)c1. The predicted octanol–water partition coefficient (Wildman–Crippen LogP) is 4.28. The highest BCUT2D eigenvalue weighted by Crippen LogP contribution is 2.32. The molecule has 0 bridgehead atoms. The largest absolute Gasteiger partial charge is 0.497 e. The lowest BCUT2D eigenvalue weighted by Gasteiger charge is -2.33. The molecule has 0 amide bonds. The summed E-state index contributed by atoms with van der Waals surface area (Å²) in [7, 11) is -0.850. The summed E-state index contributed by atoms with van der Waals surface area (Å²) < 4.78 is 76.8. The number of aromatic nitrogens is 1. The summed E-state index contributed by atoms with van der Waals surface area (Å²) in [5, 5.41) is 2.72. The van der Waals surface area contributed by atoms with Gasteiger partial charge in [0, 0.05) is 49.6 Å². The number of nitrogens with zero attached hydrogens (tertiary/aromatic N) is 3. The quantitative estimate of drug-likeness (QED) is 0.457. The van der Waals surface area contributed by atoms with Crippen LogP contribution in [-0.4, -0.2) is 58.1 Å². The Hall–Kier alpha value is -2.83. The summed E-state index contributed by atoms with van der Waals surface area (Å²) in [6.07, 6.45) is -4.05. The number of methoxy groups -OCH3 is 2. The van der Waals surface area contributed by atoms with Gasteiger partial charge >= 0.3 is 6.18 Å². The van der Waals surface area contributed by atoms with Gasteiger partial charge in [-0.1, -0.05) is 12.1 Å². The van der Waals surface area contributed by atoms with Crippen molar-refractivity contribution in [1.29, 1.82) is 0 Å². The van der Waals surface area contributed by atoms with Crippen molar-refractivity contribution in [3.63, 3.8) is 0 Å². The van der Waals surface area contributed by atoms with Crippen molar-refractivity contribution in [1.82, 2.24) is 9.29 Å². The number of sulfonamides is 1. The van der Waals surface area contributed by atoms with E-state index in [1.54, 1.807) is 14.2 Å². The molecule has 1 aromatic heterocycles. The molecule has 35 heavy (non-hydrogen) atoms. The molecule has 0 N–H and O–H groups in total. The lowest BCUT2D eigenvalue weighted by molar-refractivity contribution is -0.137. The van der Waals surface area contributed by atoms with Crippen LogP contribution >= 0.6 is 11.3 Å². The molecule has 0 atom stereocenters. The van der Waals surface area contributed by atoms with E-state index in [4.69, 9.17) is 14.5 Å². The Morgan fingerprint density at radius 3 is 2.43 bits per heavy atom. The van der Waals surface area contributed by atoms with Crippen LogP contribution in [0.2, 0.25) is 0 Å². The van der Waals surface area contributed by atoms with Gasteiger partial charge in [0.2, 0.25) is 10.0 Å². The fourth-order valence-corrected chi connectivity index (χ4v) is 6.17. The van der Waals surface area contributed by atoms with E-state index in [1.165, 1.54) is 21.7 Å². The number of piperazine rings is 1. The van der Waals surface area contributed by atoms with Crippen molar-refractivity contribution >= 4 is 26.5 Å². The number of hydrogen-bond acceptors (Lipinski definition) is 7. The first-order valence-corrected chi connectivity index (χ1v) is 13.0. The average Bonchev–Trinajstić information content (AvgIpc) is 3.32. The maximum atomic E-state index is 13.0. The molecule has 0 aliphatic carbocycles. The summed E-state index contributed by atoms with van der Waals surface area (Å²) in [5.41, 5.74) is 0.829. The molecule has 2 heterocycles. The summed E-state index contributed by atoms with van der Waals surface area (Å²) >= 11 is 1.46. The highest BCUT2D eigenvalue weighted by atomic mass is 32.2. The van der Waals surface area contributed by atoms with Crippen LogP contribution in [0.25, 0.3) is 0 Å². The zero-order valence-electron chi connectivity index (χ0n) is 19.1. The van der Waals surface area contributed by atoms with Crippen LogP contribution in [0.4, 0.5) is 18.3 Å². The van der Waals surface area contributed by atoms with Crippen molar-refractivity contribution in [2.24, 2.45) is 0 Å². The number of rotatable bonds is 7. The van der Waals surface area contributed by atoms with Gasteiger partial charge in [-0.2, -0.15) is 17.5 Å². The summed E-state index contributed by atoms with van der Waals surface area (Å²) in [6, 6.07) is 9.44. The Bertz CT molecular complexity index is 1290. The molecule has 3 aromatic rings. The maximum absolute atomic E-state index is 13.0. The molecule has 0 unspecified atom stereocenters. The Labute approximate surface area is 205 Å². The zero-order valence-corrected chi connectivity index (χ0v) is 20.7. The van der Waals surface area contributed by atoms with E-state index in [0.717, 1.165) is 28.5 Å². The van der Waals surface area contributed by atoms with E-state index in [9.17, 15) is 21.6 Å². The fourth-order valence-electron chi connectivity index (χ4n) is 3.82. The molecular weight excluding hydrogens is 503 g/mol. The molecule has 1 fully saturated rings. The van der Waals surface area contributed by atoms with Gasteiger partial charge in [-0.25, -0.2) is 13.4 Å². The number of anilines is 1. The van der Waals surface area contributed by atoms with Crippen LogP contribution in [0, 0.1) is 0 Å². The molecule has 12 heteroatoms. The van der Waals surface area contributed by atoms with Crippen LogP contribution in [0.5, 0.6) is 11.5 Å². The van der Waals surface area contributed by atoms with Crippen molar-refractivity contribution < 1.29 is 31.1 Å². The van der Waals surface area contributed by atoms with Crippen molar-refractivity contribution in [2.75, 3.05) is 45.3 Å². The summed E-state index contributed by atoms with van der Waals surface area (Å²) in [4.78, 5) is 6.32. The van der Waals surface area contributed by atoms with E-state index < -0.39 is 21.8 Å². The number of ether oxygens (including phenoxy) is 2. The molecule has 1 saturated heterocycles. The van der Waals surface area contributed by atoms with E-state index in [2.05, 4.69) is 0 Å².